The van der Waals surface area contributed by atoms with E-state index in [0.29, 0.717) is 20.7 Å². The molecule has 0 N–H and O–H groups in total. The molecule has 1 fully saturated rings. The zero-order valence-electron chi connectivity index (χ0n) is 12.6. The smallest absolute Gasteiger partial charge is 0.265 e. The number of nitrogens with zero attached hydrogens (tertiary/aromatic N) is 2. The van der Waals surface area contributed by atoms with Crippen LogP contribution < -0.4 is 3.82 Å². The Bertz CT molecular complexity index is 875. The summed E-state index contributed by atoms with van der Waals surface area (Å²) < 4.78 is 28.6. The molecular weight excluding hydrogens is 375 g/mol. The highest BCUT2D eigenvalue weighted by Gasteiger charge is 2.33. The van der Waals surface area contributed by atoms with Crippen LogP contribution in [0.25, 0.3) is 0 Å². The molecule has 1 aromatic carbocycles. The molecule has 0 spiro atoms. The van der Waals surface area contributed by atoms with Gasteiger partial charge >= 0.3 is 0 Å². The molecule has 1 saturated carbocycles. The summed E-state index contributed by atoms with van der Waals surface area (Å²) in [6.07, 6.45) is 3.33. The second-order valence-electron chi connectivity index (χ2n) is 5.56. The molecule has 0 radical (unpaired) electrons. The average Bonchev–Trinajstić information content (AvgIpc) is 3.30. The summed E-state index contributed by atoms with van der Waals surface area (Å²) in [4.78, 5) is 12.7. The summed E-state index contributed by atoms with van der Waals surface area (Å²) in [5, 5.41) is 3.70. The van der Waals surface area contributed by atoms with Crippen molar-refractivity contribution < 1.29 is 17.7 Å². The number of alkyl halides is 1. The van der Waals surface area contributed by atoms with Gasteiger partial charge in [0.25, 0.3) is 10.0 Å². The number of aromatic nitrogens is 1. The minimum absolute atomic E-state index is 0.138. The Labute approximate surface area is 149 Å². The van der Waals surface area contributed by atoms with Gasteiger partial charge in [0.05, 0.1) is 17.4 Å². The molecule has 0 bridgehead atoms. The van der Waals surface area contributed by atoms with E-state index in [-0.39, 0.29) is 17.4 Å². The molecule has 2 aromatic rings. The van der Waals surface area contributed by atoms with Crippen molar-refractivity contribution in [1.82, 2.24) is 5.16 Å². The molecule has 1 aliphatic carbocycles. The molecule has 0 saturated heterocycles. The monoisotopic (exact) mass is 388 g/mol. The van der Waals surface area contributed by atoms with E-state index >= 15 is 0 Å². The molecule has 1 atom stereocenters. The topological polar surface area (TPSA) is 80.5 Å². The number of carbonyl (C=O) groups excluding carboxylic acids is 1. The van der Waals surface area contributed by atoms with Gasteiger partial charge in [-0.15, -0.1) is 11.6 Å². The highest BCUT2D eigenvalue weighted by atomic mass is 35.5. The number of carbonyl (C=O) groups is 1. The fraction of sp³-hybridized carbons (Fsp3) is 0.333. The van der Waals surface area contributed by atoms with E-state index in [1.54, 1.807) is 12.1 Å². The van der Waals surface area contributed by atoms with Crippen molar-refractivity contribution in [3.8, 4) is 0 Å². The van der Waals surface area contributed by atoms with Crippen LogP contribution in [0.1, 0.15) is 47.4 Å². The number of hydrogen-bond donors (Lipinski definition) is 0. The first-order valence-corrected chi connectivity index (χ1v) is 9.53. The van der Waals surface area contributed by atoms with Crippen molar-refractivity contribution >= 4 is 44.9 Å². The number of benzene rings is 1. The van der Waals surface area contributed by atoms with Crippen LogP contribution in [0.5, 0.6) is 0 Å². The molecule has 6 nitrogen and oxygen atoms in total. The molecule has 3 rings (SSSR count). The summed E-state index contributed by atoms with van der Waals surface area (Å²) in [6, 6.07) is 6.01. The summed E-state index contributed by atoms with van der Waals surface area (Å²) in [6.45, 7) is 1.31. The Morgan fingerprint density at radius 3 is 2.75 bits per heavy atom. The number of ketones is 1. The lowest BCUT2D eigenvalue weighted by atomic mass is 10.0. The van der Waals surface area contributed by atoms with Gasteiger partial charge in [-0.3, -0.25) is 4.79 Å². The highest BCUT2D eigenvalue weighted by molar-refractivity contribution is 7.95. The van der Waals surface area contributed by atoms with Gasteiger partial charge in [-0.1, -0.05) is 17.3 Å². The number of sulfonamides is 1. The van der Waals surface area contributed by atoms with Gasteiger partial charge in [0, 0.05) is 23.3 Å². The van der Waals surface area contributed by atoms with Gasteiger partial charge in [-0.05, 0) is 31.9 Å². The van der Waals surface area contributed by atoms with Crippen LogP contribution in [0.4, 0.5) is 5.69 Å². The molecule has 0 amide bonds. The van der Waals surface area contributed by atoms with Gasteiger partial charge in [0.1, 0.15) is 0 Å². The van der Waals surface area contributed by atoms with E-state index in [1.807, 2.05) is 0 Å². The number of anilines is 1. The van der Waals surface area contributed by atoms with E-state index in [2.05, 4.69) is 5.16 Å². The van der Waals surface area contributed by atoms with Crippen LogP contribution >= 0.6 is 23.4 Å². The second kappa shape index (κ2) is 6.38. The third kappa shape index (κ3) is 3.16. The lowest BCUT2D eigenvalue weighted by molar-refractivity contribution is 0.103. The molecule has 0 aliphatic heterocycles. The standard InChI is InChI=1S/C15H14Cl2N2O4S/c1-9(16)24(21,22)19(17)12-4-2-3-11(7-12)14(20)13-8-18-23-15(13)10-5-6-10/h2-4,7-10H,5-6H2,1H3. The van der Waals surface area contributed by atoms with E-state index in [0.717, 1.165) is 12.8 Å². The van der Waals surface area contributed by atoms with Crippen LogP contribution in [-0.2, 0) is 10.0 Å². The van der Waals surface area contributed by atoms with Crippen LogP contribution in [0, 0.1) is 0 Å². The number of hydrogen-bond acceptors (Lipinski definition) is 5. The third-order valence-electron chi connectivity index (χ3n) is 3.74. The minimum atomic E-state index is -3.92. The normalized spacial score (nSPS) is 16.0. The fourth-order valence-corrected chi connectivity index (χ4v) is 3.73. The van der Waals surface area contributed by atoms with Crippen molar-refractivity contribution in [2.45, 2.75) is 30.4 Å². The van der Waals surface area contributed by atoms with E-state index in [9.17, 15) is 13.2 Å². The van der Waals surface area contributed by atoms with Gasteiger partial charge in [0.15, 0.2) is 16.3 Å². The van der Waals surface area contributed by atoms with Gasteiger partial charge in [-0.2, -0.15) is 3.82 Å². The summed E-state index contributed by atoms with van der Waals surface area (Å²) in [5.41, 5.74) is 0.824. The first-order chi connectivity index (χ1) is 11.3. The summed E-state index contributed by atoms with van der Waals surface area (Å²) >= 11 is 11.6. The molecule has 1 heterocycles. The average molecular weight is 389 g/mol. The number of rotatable bonds is 6. The Morgan fingerprint density at radius 1 is 1.42 bits per heavy atom. The Hall–Kier alpha value is -1.57. The molecule has 9 heteroatoms. The first kappa shape index (κ1) is 17.3. The van der Waals surface area contributed by atoms with E-state index in [1.165, 1.54) is 25.3 Å². The maximum absolute atomic E-state index is 12.7. The molecule has 1 aliphatic rings. The summed E-state index contributed by atoms with van der Waals surface area (Å²) in [5.74, 6) is 0.521. The minimum Gasteiger partial charge on any atom is -0.360 e. The van der Waals surface area contributed by atoms with E-state index < -0.39 is 14.7 Å². The maximum Gasteiger partial charge on any atom is 0.265 e. The van der Waals surface area contributed by atoms with Crippen molar-refractivity contribution in [1.29, 1.82) is 0 Å². The van der Waals surface area contributed by atoms with Crippen LogP contribution in [0.3, 0.4) is 0 Å². The van der Waals surface area contributed by atoms with E-state index in [4.69, 9.17) is 27.9 Å². The predicted octanol–water partition coefficient (Wildman–Crippen LogP) is 3.66. The fourth-order valence-electron chi connectivity index (χ4n) is 2.25. The quantitative estimate of drug-likeness (QED) is 0.428. The largest absolute Gasteiger partial charge is 0.360 e. The van der Waals surface area contributed by atoms with Crippen LogP contribution in [0.15, 0.2) is 35.0 Å². The molecule has 1 aromatic heterocycles. The Balaban J connectivity index is 1.93. The lowest BCUT2D eigenvalue weighted by Gasteiger charge is -2.18. The van der Waals surface area contributed by atoms with Crippen LogP contribution in [-0.4, -0.2) is 24.1 Å². The summed E-state index contributed by atoms with van der Waals surface area (Å²) in [7, 11) is -3.92. The third-order valence-corrected chi connectivity index (χ3v) is 6.66. The molecule has 128 valence electrons. The molecule has 1 unspecified atom stereocenters. The highest BCUT2D eigenvalue weighted by Crippen LogP contribution is 2.42. The van der Waals surface area contributed by atoms with Crippen molar-refractivity contribution in [3.05, 3.63) is 47.3 Å². The Kier molecular flexibility index (Phi) is 4.59. The lowest BCUT2D eigenvalue weighted by Crippen LogP contribution is -2.27. The predicted molar refractivity (Wildman–Crippen MR) is 90.9 cm³/mol. The maximum atomic E-state index is 12.7. The van der Waals surface area contributed by atoms with Crippen molar-refractivity contribution in [2.24, 2.45) is 0 Å². The Morgan fingerprint density at radius 2 is 2.12 bits per heavy atom. The van der Waals surface area contributed by atoms with Crippen molar-refractivity contribution in [2.75, 3.05) is 3.82 Å². The number of halogens is 2. The van der Waals surface area contributed by atoms with Crippen LogP contribution in [0.2, 0.25) is 0 Å². The zero-order chi connectivity index (χ0) is 17.5. The molecule has 24 heavy (non-hydrogen) atoms. The molecular formula is C15H14Cl2N2O4S. The second-order valence-corrected chi connectivity index (χ2v) is 9.11. The SMILES string of the molecule is CC(Cl)S(=O)(=O)N(Cl)c1cccc(C(=O)c2cnoc2C2CC2)c1. The van der Waals surface area contributed by atoms with Gasteiger partial charge < -0.3 is 4.52 Å². The van der Waals surface area contributed by atoms with Gasteiger partial charge in [0.2, 0.25) is 0 Å². The van der Waals surface area contributed by atoms with Gasteiger partial charge in [-0.25, -0.2) is 8.42 Å². The first-order valence-electron chi connectivity index (χ1n) is 7.25. The van der Waals surface area contributed by atoms with Crippen molar-refractivity contribution in [3.63, 3.8) is 0 Å². The zero-order valence-corrected chi connectivity index (χ0v) is 15.0.